The van der Waals surface area contributed by atoms with Crippen LogP contribution in [0.1, 0.15) is 36.1 Å². The molecule has 36 heavy (non-hydrogen) atoms. The molecule has 0 saturated carbocycles. The van der Waals surface area contributed by atoms with Crippen molar-refractivity contribution < 1.29 is 18.4 Å². The van der Waals surface area contributed by atoms with Crippen molar-refractivity contribution in [2.45, 2.75) is 24.8 Å². The van der Waals surface area contributed by atoms with Crippen molar-refractivity contribution in [1.29, 1.82) is 0 Å². The number of benzene rings is 3. The van der Waals surface area contributed by atoms with Gasteiger partial charge in [0.05, 0.1) is 28.4 Å². The van der Waals surface area contributed by atoms with Crippen LogP contribution in [0.2, 0.25) is 0 Å². The van der Waals surface area contributed by atoms with E-state index in [0.717, 1.165) is 30.4 Å². The summed E-state index contributed by atoms with van der Waals surface area (Å²) in [4.78, 5) is 28.4. The molecule has 3 N–H and O–H groups in total. The van der Waals surface area contributed by atoms with Crippen LogP contribution in [0.15, 0.2) is 60.7 Å². The lowest BCUT2D eigenvalue weighted by Crippen LogP contribution is -2.47. The SMILES string of the molecule is CC1(C(N)=O)CC(c2cccc(N3CCN(c4ccccc4F)CC3)c2)Nc2c([C]=O)cc(F)cc21. The Hall–Kier alpha value is -3.94. The maximum atomic E-state index is 14.2. The molecule has 0 spiro atoms. The monoisotopic (exact) mass is 489 g/mol. The van der Waals surface area contributed by atoms with Crippen molar-refractivity contribution in [2.75, 3.05) is 41.3 Å². The first-order valence-corrected chi connectivity index (χ1v) is 11.9. The number of carbonyl (C=O) groups is 1. The standard InChI is InChI=1S/C28H27F2N4O2/c1-28(27(31)36)16-24(32-26-19(17-35)13-20(29)15-22(26)28)18-5-4-6-21(14-18)33-9-11-34(12-10-33)25-8-3-2-7-23(25)30/h2-8,13-15,24,32H,9-12,16H2,1H3,(H2,31,36). The van der Waals surface area contributed by atoms with E-state index in [4.69, 9.17) is 5.73 Å². The Kier molecular flexibility index (Phi) is 6.12. The molecule has 2 unspecified atom stereocenters. The fraction of sp³-hybridized carbons (Fsp3) is 0.286. The van der Waals surface area contributed by atoms with Crippen molar-refractivity contribution in [3.05, 3.63) is 89.0 Å². The van der Waals surface area contributed by atoms with Crippen molar-refractivity contribution in [3.8, 4) is 0 Å². The number of halogens is 2. The summed E-state index contributed by atoms with van der Waals surface area (Å²) in [6.07, 6.45) is 2.09. The quantitative estimate of drug-likeness (QED) is 0.566. The lowest BCUT2D eigenvalue weighted by atomic mass is 9.71. The van der Waals surface area contributed by atoms with Crippen LogP contribution in [-0.4, -0.2) is 38.4 Å². The highest BCUT2D eigenvalue weighted by Crippen LogP contribution is 2.46. The molecule has 8 heteroatoms. The van der Waals surface area contributed by atoms with E-state index >= 15 is 0 Å². The maximum absolute atomic E-state index is 14.2. The van der Waals surface area contributed by atoms with Gasteiger partial charge in [-0.15, -0.1) is 0 Å². The Morgan fingerprint density at radius 1 is 1.03 bits per heavy atom. The number of amides is 1. The van der Waals surface area contributed by atoms with Crippen LogP contribution < -0.4 is 20.9 Å². The molecule has 6 nitrogen and oxygen atoms in total. The highest BCUT2D eigenvalue weighted by molar-refractivity contribution is 5.94. The number of fused-ring (bicyclic) bond motifs is 1. The van der Waals surface area contributed by atoms with Gasteiger partial charge in [0.1, 0.15) is 11.6 Å². The van der Waals surface area contributed by atoms with Crippen LogP contribution in [0.3, 0.4) is 0 Å². The molecule has 5 rings (SSSR count). The third kappa shape index (κ3) is 4.17. The lowest BCUT2D eigenvalue weighted by molar-refractivity contribution is -0.123. The molecule has 3 aromatic rings. The number of rotatable bonds is 5. The normalized spacial score (nSPS) is 21.5. The first-order valence-electron chi connectivity index (χ1n) is 11.9. The minimum absolute atomic E-state index is 0.0302. The number of nitrogens with one attached hydrogen (secondary N) is 1. The number of para-hydroxylation sites is 1. The molecule has 2 aliphatic heterocycles. The molecule has 185 valence electrons. The van der Waals surface area contributed by atoms with Gasteiger partial charge >= 0.3 is 0 Å². The summed E-state index contributed by atoms with van der Waals surface area (Å²) in [5.74, 6) is -1.42. The van der Waals surface area contributed by atoms with Crippen molar-refractivity contribution in [1.82, 2.24) is 0 Å². The molecule has 0 aliphatic carbocycles. The Balaban J connectivity index is 1.40. The van der Waals surface area contributed by atoms with Crippen molar-refractivity contribution in [2.24, 2.45) is 5.73 Å². The number of nitrogens with two attached hydrogens (primary N) is 1. The van der Waals surface area contributed by atoms with Crippen LogP contribution in [0.4, 0.5) is 25.8 Å². The molecule has 1 saturated heterocycles. The van der Waals surface area contributed by atoms with Crippen LogP contribution in [0, 0.1) is 11.6 Å². The van der Waals surface area contributed by atoms with E-state index in [2.05, 4.69) is 16.3 Å². The Bertz CT molecular complexity index is 1320. The third-order valence-electron chi connectivity index (χ3n) is 7.39. The summed E-state index contributed by atoms with van der Waals surface area (Å²) in [6, 6.07) is 16.8. The first kappa shape index (κ1) is 23.8. The van der Waals surface area contributed by atoms with Gasteiger partial charge < -0.3 is 20.9 Å². The van der Waals surface area contributed by atoms with Gasteiger partial charge in [0.25, 0.3) is 0 Å². The number of hydrogen-bond donors (Lipinski definition) is 2. The number of primary amides is 1. The van der Waals surface area contributed by atoms with Crippen molar-refractivity contribution >= 4 is 29.3 Å². The van der Waals surface area contributed by atoms with E-state index in [1.165, 1.54) is 12.1 Å². The number of piperazine rings is 1. The minimum atomic E-state index is -1.17. The second-order valence-electron chi connectivity index (χ2n) is 9.60. The molecule has 1 radical (unpaired) electrons. The zero-order valence-electron chi connectivity index (χ0n) is 19.9. The first-order chi connectivity index (χ1) is 17.3. The lowest BCUT2D eigenvalue weighted by Gasteiger charge is -2.40. The fourth-order valence-electron chi connectivity index (χ4n) is 5.31. The molecule has 2 atom stereocenters. The van der Waals surface area contributed by atoms with Gasteiger partial charge in [0.15, 0.2) is 0 Å². The average molecular weight is 490 g/mol. The van der Waals surface area contributed by atoms with E-state index < -0.39 is 17.1 Å². The van der Waals surface area contributed by atoms with Crippen LogP contribution >= 0.6 is 0 Å². The highest BCUT2D eigenvalue weighted by Gasteiger charge is 2.43. The number of anilines is 3. The second kappa shape index (κ2) is 9.26. The Morgan fingerprint density at radius 3 is 2.44 bits per heavy atom. The van der Waals surface area contributed by atoms with Gasteiger partial charge in [-0.1, -0.05) is 24.3 Å². The maximum Gasteiger partial charge on any atom is 0.235 e. The second-order valence-corrected chi connectivity index (χ2v) is 9.60. The van der Waals surface area contributed by atoms with Gasteiger partial charge in [-0.2, -0.15) is 0 Å². The van der Waals surface area contributed by atoms with Gasteiger partial charge in [-0.3, -0.25) is 9.59 Å². The smallest absolute Gasteiger partial charge is 0.235 e. The van der Waals surface area contributed by atoms with Crippen LogP contribution in [-0.2, 0) is 15.0 Å². The predicted molar refractivity (Wildman–Crippen MR) is 136 cm³/mol. The van der Waals surface area contributed by atoms with Gasteiger partial charge in [-0.25, -0.2) is 8.78 Å². The van der Waals surface area contributed by atoms with Crippen molar-refractivity contribution in [3.63, 3.8) is 0 Å². The molecule has 1 fully saturated rings. The third-order valence-corrected chi connectivity index (χ3v) is 7.39. The van der Waals surface area contributed by atoms with Gasteiger partial charge in [-0.05, 0) is 60.9 Å². The average Bonchev–Trinajstić information content (AvgIpc) is 2.89. The molecule has 0 bridgehead atoms. The molecule has 0 aromatic heterocycles. The zero-order chi connectivity index (χ0) is 25.4. The molecular weight excluding hydrogens is 462 g/mol. The fourth-order valence-corrected chi connectivity index (χ4v) is 5.31. The minimum Gasteiger partial charge on any atom is -0.377 e. The molecule has 3 aromatic carbocycles. The molecule has 2 aliphatic rings. The summed E-state index contributed by atoms with van der Waals surface area (Å²) < 4.78 is 28.4. The van der Waals surface area contributed by atoms with E-state index in [0.29, 0.717) is 36.4 Å². The summed E-state index contributed by atoms with van der Waals surface area (Å²) in [7, 11) is 0. The van der Waals surface area contributed by atoms with Crippen LogP contribution in [0.5, 0.6) is 0 Å². The van der Waals surface area contributed by atoms with E-state index in [9.17, 15) is 18.4 Å². The number of carbonyl (C=O) groups excluding carboxylic acids is 2. The summed E-state index contributed by atoms with van der Waals surface area (Å²) in [5, 5.41) is 3.33. The van der Waals surface area contributed by atoms with Gasteiger partial charge in [0.2, 0.25) is 12.2 Å². The highest BCUT2D eigenvalue weighted by atomic mass is 19.1. The predicted octanol–water partition coefficient (Wildman–Crippen LogP) is 4.05. The Morgan fingerprint density at radius 2 is 1.75 bits per heavy atom. The van der Waals surface area contributed by atoms with E-state index in [1.54, 1.807) is 25.3 Å². The molecule has 1 amide bonds. The molecular formula is C28H27F2N4O2. The number of nitrogens with zero attached hydrogens (tertiary/aromatic N) is 2. The zero-order valence-corrected chi connectivity index (χ0v) is 19.9. The van der Waals surface area contributed by atoms with Gasteiger partial charge in [0, 0.05) is 31.9 Å². The van der Waals surface area contributed by atoms with Crippen LogP contribution in [0.25, 0.3) is 0 Å². The molecule has 2 heterocycles. The van der Waals surface area contributed by atoms with E-state index in [-0.39, 0.29) is 17.4 Å². The summed E-state index contributed by atoms with van der Waals surface area (Å²) in [5.41, 5.74) is 7.94. The number of hydrogen-bond acceptors (Lipinski definition) is 5. The largest absolute Gasteiger partial charge is 0.377 e. The van der Waals surface area contributed by atoms with E-state index in [1.807, 2.05) is 29.2 Å². The Labute approximate surface area is 208 Å². The topological polar surface area (TPSA) is 78.7 Å². The summed E-state index contributed by atoms with van der Waals surface area (Å²) in [6.45, 7) is 4.50. The summed E-state index contributed by atoms with van der Waals surface area (Å²) >= 11 is 0.